The topological polar surface area (TPSA) is 31.4 Å². The SMILES string of the molecule is [2H]C1([2H])C[C@@](CCCC([2H])([2H])c2sccc2OC)(c2ccccn2)CC2(O1)C([2H])([2H])C([2H])([2H])C([2H])([2H])C2([2H])[2H]. The molecule has 0 radical (unpaired) electrons. The van der Waals surface area contributed by atoms with Gasteiger partial charge in [0.05, 0.1) is 15.5 Å². The molecule has 0 N–H and O–H groups in total. The lowest BCUT2D eigenvalue weighted by atomic mass is 9.67. The molecule has 4 heteroatoms. The molecular formula is C23H31NO2S. The summed E-state index contributed by atoms with van der Waals surface area (Å²) in [4.78, 5) is 4.78. The predicted octanol–water partition coefficient (Wildman–Crippen LogP) is 5.93. The molecule has 0 aromatic carbocycles. The van der Waals surface area contributed by atoms with Crippen molar-refractivity contribution in [2.45, 2.75) is 75.0 Å². The Morgan fingerprint density at radius 2 is 2.19 bits per heavy atom. The Labute approximate surface area is 184 Å². The number of hydrogen-bond acceptors (Lipinski definition) is 4. The summed E-state index contributed by atoms with van der Waals surface area (Å²) in [7, 11) is 1.45. The molecule has 2 aromatic rings. The van der Waals surface area contributed by atoms with E-state index in [0.29, 0.717) is 16.3 Å². The van der Waals surface area contributed by atoms with Gasteiger partial charge >= 0.3 is 0 Å². The molecule has 1 saturated carbocycles. The minimum absolute atomic E-state index is 0.0171. The van der Waals surface area contributed by atoms with Gasteiger partial charge in [-0.15, -0.1) is 11.3 Å². The average Bonchev–Trinajstić information content (AvgIpc) is 3.34. The van der Waals surface area contributed by atoms with Crippen molar-refractivity contribution >= 4 is 11.3 Å². The predicted molar refractivity (Wildman–Crippen MR) is 111 cm³/mol. The van der Waals surface area contributed by atoms with E-state index in [1.165, 1.54) is 24.6 Å². The molecule has 1 aliphatic carbocycles. The highest BCUT2D eigenvalue weighted by molar-refractivity contribution is 7.10. The van der Waals surface area contributed by atoms with Crippen LogP contribution < -0.4 is 4.74 Å². The Balaban J connectivity index is 1.80. The third kappa shape index (κ3) is 4.07. The van der Waals surface area contributed by atoms with Crippen molar-refractivity contribution in [1.82, 2.24) is 4.98 Å². The van der Waals surface area contributed by atoms with E-state index in [9.17, 15) is 0 Å². The largest absolute Gasteiger partial charge is 0.496 e. The molecule has 3 heterocycles. The van der Waals surface area contributed by atoms with Gasteiger partial charge in [0, 0.05) is 42.4 Å². The van der Waals surface area contributed by atoms with E-state index in [-0.39, 0.29) is 25.7 Å². The number of methoxy groups -OCH3 is 1. The second kappa shape index (κ2) is 8.32. The fourth-order valence-corrected chi connectivity index (χ4v) is 4.47. The van der Waals surface area contributed by atoms with Gasteiger partial charge in [0.25, 0.3) is 0 Å². The van der Waals surface area contributed by atoms with E-state index in [1.54, 1.807) is 29.6 Å². The molecule has 4 rings (SSSR count). The molecule has 0 unspecified atom stereocenters. The van der Waals surface area contributed by atoms with Gasteiger partial charge in [-0.3, -0.25) is 4.98 Å². The molecule has 1 spiro atoms. The number of nitrogens with zero attached hydrogens (tertiary/aromatic N) is 1. The highest BCUT2D eigenvalue weighted by Crippen LogP contribution is 2.50. The molecular weight excluding hydrogens is 354 g/mol. The summed E-state index contributed by atoms with van der Waals surface area (Å²) < 4.78 is 113. The molecule has 0 bridgehead atoms. The summed E-state index contributed by atoms with van der Waals surface area (Å²) in [5.74, 6) is 0.405. The van der Waals surface area contributed by atoms with Crippen LogP contribution in [0.15, 0.2) is 35.8 Å². The number of ether oxygens (including phenoxy) is 2. The number of aryl methyl sites for hydroxylation is 1. The Morgan fingerprint density at radius 1 is 1.30 bits per heavy atom. The second-order valence-corrected chi connectivity index (χ2v) is 7.69. The van der Waals surface area contributed by atoms with Crippen molar-refractivity contribution in [1.29, 1.82) is 0 Å². The fraction of sp³-hybridized carbons (Fsp3) is 0.609. The van der Waals surface area contributed by atoms with Gasteiger partial charge in [0.1, 0.15) is 5.75 Å². The van der Waals surface area contributed by atoms with Crippen LogP contribution in [0.5, 0.6) is 5.75 Å². The average molecular weight is 398 g/mol. The lowest BCUT2D eigenvalue weighted by Crippen LogP contribution is -2.46. The second-order valence-electron chi connectivity index (χ2n) is 6.77. The summed E-state index contributed by atoms with van der Waals surface area (Å²) in [5, 5.41) is 1.71. The van der Waals surface area contributed by atoms with Crippen LogP contribution in [0.1, 0.15) is 84.6 Å². The monoisotopic (exact) mass is 397 g/mol. The molecule has 0 amide bonds. The van der Waals surface area contributed by atoms with Crippen molar-refractivity contribution < 1.29 is 25.9 Å². The standard InChI is InChI=1S/C23H31NO2S/c1-25-19-10-17-27-20(19)8-2-4-11-22(21-9-3-7-15-24-21)14-16-26-23(18-22)12-5-6-13-23/h3,7,9-10,15,17H,2,4-6,8,11-14,16,18H2,1H3/t22-/m1/s1/i5D2,6D2,8D2,12D2,13D2,16D2. The van der Waals surface area contributed by atoms with E-state index < -0.39 is 55.9 Å². The molecule has 2 aliphatic rings. The molecule has 1 atom stereocenters. The van der Waals surface area contributed by atoms with E-state index in [0.717, 1.165) is 0 Å². The summed E-state index contributed by atoms with van der Waals surface area (Å²) in [6.07, 6.45) is -14.4. The number of aromatic nitrogens is 1. The lowest BCUT2D eigenvalue weighted by molar-refractivity contribution is -0.104. The number of pyridine rings is 1. The number of rotatable bonds is 7. The Hall–Kier alpha value is -1.39. The molecule has 2 fully saturated rings. The maximum absolute atomic E-state index is 8.70. The van der Waals surface area contributed by atoms with Crippen molar-refractivity contribution in [2.75, 3.05) is 13.7 Å². The Bertz CT molecular complexity index is 1180. The zero-order valence-electron chi connectivity index (χ0n) is 27.2. The van der Waals surface area contributed by atoms with Gasteiger partial charge < -0.3 is 9.47 Å². The molecule has 27 heavy (non-hydrogen) atoms. The van der Waals surface area contributed by atoms with Gasteiger partial charge in [-0.05, 0) is 68.4 Å². The van der Waals surface area contributed by atoms with Crippen LogP contribution >= 0.6 is 11.3 Å². The van der Waals surface area contributed by atoms with Crippen LogP contribution in [0.3, 0.4) is 0 Å². The van der Waals surface area contributed by atoms with Crippen LogP contribution in [0.4, 0.5) is 0 Å². The van der Waals surface area contributed by atoms with Gasteiger partial charge in [-0.25, -0.2) is 0 Å². The van der Waals surface area contributed by atoms with E-state index in [2.05, 4.69) is 4.98 Å². The normalized spacial score (nSPS) is 40.8. The smallest absolute Gasteiger partial charge is 0.132 e. The van der Waals surface area contributed by atoms with Crippen molar-refractivity contribution in [3.63, 3.8) is 0 Å². The van der Waals surface area contributed by atoms with Crippen molar-refractivity contribution in [2.24, 2.45) is 0 Å². The lowest BCUT2D eigenvalue weighted by Gasteiger charge is -2.46. The van der Waals surface area contributed by atoms with E-state index in [1.807, 2.05) is 0 Å². The first-order chi connectivity index (χ1) is 17.7. The van der Waals surface area contributed by atoms with Crippen LogP contribution in [0.2, 0.25) is 0 Å². The first-order valence-corrected chi connectivity index (χ1v) is 9.85. The highest BCUT2D eigenvalue weighted by atomic mass is 32.1. The minimum Gasteiger partial charge on any atom is -0.496 e. The molecule has 1 aliphatic heterocycles. The van der Waals surface area contributed by atoms with Gasteiger partial charge in [0.15, 0.2) is 0 Å². The quantitative estimate of drug-likeness (QED) is 0.580. The third-order valence-corrected chi connectivity index (χ3v) is 5.86. The van der Waals surface area contributed by atoms with Gasteiger partial charge in [-0.2, -0.15) is 0 Å². The Kier molecular flexibility index (Phi) is 2.90. The fourth-order valence-electron chi connectivity index (χ4n) is 3.69. The maximum Gasteiger partial charge on any atom is 0.132 e. The first-order valence-electron chi connectivity index (χ1n) is 15.0. The summed E-state index contributed by atoms with van der Waals surface area (Å²) in [6.45, 7) is -2.68. The highest BCUT2D eigenvalue weighted by Gasteiger charge is 2.48. The summed E-state index contributed by atoms with van der Waals surface area (Å²) in [5.41, 5.74) is -3.98. The minimum atomic E-state index is -3.36. The van der Waals surface area contributed by atoms with Crippen molar-refractivity contribution in [3.05, 3.63) is 46.4 Å². The zero-order valence-corrected chi connectivity index (χ0v) is 16.0. The summed E-state index contributed by atoms with van der Waals surface area (Å²) >= 11 is 1.20. The molecule has 146 valence electrons. The van der Waals surface area contributed by atoms with Crippen LogP contribution in [-0.4, -0.2) is 24.3 Å². The van der Waals surface area contributed by atoms with Crippen LogP contribution in [-0.2, 0) is 16.5 Å². The van der Waals surface area contributed by atoms with E-state index >= 15 is 0 Å². The molecule has 3 nitrogen and oxygen atoms in total. The molecule has 2 aromatic heterocycles. The zero-order chi connectivity index (χ0) is 29.3. The van der Waals surface area contributed by atoms with E-state index in [4.69, 9.17) is 25.9 Å². The van der Waals surface area contributed by atoms with Crippen LogP contribution in [0.25, 0.3) is 0 Å². The van der Waals surface area contributed by atoms with Gasteiger partial charge in [0.2, 0.25) is 0 Å². The third-order valence-electron chi connectivity index (χ3n) is 5.01. The molecule has 1 saturated heterocycles. The Morgan fingerprint density at radius 3 is 2.96 bits per heavy atom. The number of thiophene rings is 1. The van der Waals surface area contributed by atoms with Crippen LogP contribution in [0, 0.1) is 0 Å². The first kappa shape index (κ1) is 9.41. The maximum atomic E-state index is 8.70. The van der Waals surface area contributed by atoms with Gasteiger partial charge in [-0.1, -0.05) is 25.2 Å². The number of hydrogen-bond donors (Lipinski definition) is 0. The van der Waals surface area contributed by atoms with Crippen molar-refractivity contribution in [3.8, 4) is 5.75 Å². The summed E-state index contributed by atoms with van der Waals surface area (Å²) in [6, 6.07) is 6.54.